The summed E-state index contributed by atoms with van der Waals surface area (Å²) in [5, 5.41) is 0. The molecule has 35 heavy (non-hydrogen) atoms. The Morgan fingerprint density at radius 1 is 0.600 bits per heavy atom. The molecule has 172 valence electrons. The van der Waals surface area contributed by atoms with Crippen molar-refractivity contribution in [1.82, 2.24) is 9.97 Å². The lowest BCUT2D eigenvalue weighted by atomic mass is 9.80. The summed E-state index contributed by atoms with van der Waals surface area (Å²) < 4.78 is 0. The number of rotatable bonds is 4. The molecule has 5 rings (SSSR count). The minimum absolute atomic E-state index is 0.167. The summed E-state index contributed by atoms with van der Waals surface area (Å²) in [7, 11) is 0. The molecule has 2 atom stereocenters. The maximum atomic E-state index is 4.83. The summed E-state index contributed by atoms with van der Waals surface area (Å²) in [6, 6.07) is 23.3. The van der Waals surface area contributed by atoms with Crippen LogP contribution in [0.1, 0.15) is 42.2 Å². The molecule has 0 bridgehead atoms. The molecule has 3 aromatic rings. The summed E-state index contributed by atoms with van der Waals surface area (Å²) in [6.45, 7) is 6.45. The summed E-state index contributed by atoms with van der Waals surface area (Å²) >= 11 is 0. The first-order chi connectivity index (χ1) is 17.0. The maximum absolute atomic E-state index is 4.83. The molecule has 0 radical (unpaired) electrons. The maximum Gasteiger partial charge on any atom is 0.126 e. The Morgan fingerprint density at radius 2 is 1.20 bits per heavy atom. The molecule has 0 fully saturated rings. The molecule has 0 saturated heterocycles. The third-order valence-electron chi connectivity index (χ3n) is 6.83. The number of aromatic nitrogens is 2. The van der Waals surface area contributed by atoms with Crippen molar-refractivity contribution in [3.63, 3.8) is 0 Å². The molecule has 0 aliphatic heterocycles. The fourth-order valence-corrected chi connectivity index (χ4v) is 4.72. The average molecular weight is 455 g/mol. The van der Waals surface area contributed by atoms with Crippen LogP contribution in [0.5, 0.6) is 0 Å². The van der Waals surface area contributed by atoms with E-state index in [9.17, 15) is 0 Å². The first-order valence-corrected chi connectivity index (χ1v) is 12.1. The third kappa shape index (κ3) is 4.79. The first kappa shape index (κ1) is 22.7. The van der Waals surface area contributed by atoms with E-state index in [0.717, 1.165) is 28.4 Å². The van der Waals surface area contributed by atoms with Gasteiger partial charge >= 0.3 is 0 Å². The van der Waals surface area contributed by atoms with Crippen LogP contribution >= 0.6 is 0 Å². The van der Waals surface area contributed by atoms with Crippen molar-refractivity contribution in [3.05, 3.63) is 156 Å². The van der Waals surface area contributed by atoms with Crippen molar-refractivity contribution in [2.45, 2.75) is 31.6 Å². The Morgan fingerprint density at radius 3 is 1.89 bits per heavy atom. The zero-order valence-electron chi connectivity index (χ0n) is 20.5. The quantitative estimate of drug-likeness (QED) is 0.403. The van der Waals surface area contributed by atoms with Gasteiger partial charge in [0, 0.05) is 10.8 Å². The van der Waals surface area contributed by atoms with Gasteiger partial charge in [0.25, 0.3) is 0 Å². The molecule has 0 amide bonds. The van der Waals surface area contributed by atoms with Gasteiger partial charge in [-0.15, -0.1) is 0 Å². The zero-order valence-corrected chi connectivity index (χ0v) is 20.5. The molecule has 2 nitrogen and oxygen atoms in total. The minimum atomic E-state index is -0.221. The van der Waals surface area contributed by atoms with Crippen molar-refractivity contribution in [1.29, 1.82) is 0 Å². The lowest BCUT2D eigenvalue weighted by molar-refractivity contribution is 0.759. The van der Waals surface area contributed by atoms with Gasteiger partial charge < -0.3 is 0 Å². The third-order valence-corrected chi connectivity index (χ3v) is 6.83. The largest absolute Gasteiger partial charge is 0.233 e. The van der Waals surface area contributed by atoms with Crippen LogP contribution in [0.3, 0.4) is 0 Å². The first-order valence-electron chi connectivity index (χ1n) is 12.1. The van der Waals surface area contributed by atoms with E-state index in [4.69, 9.17) is 9.97 Å². The van der Waals surface area contributed by atoms with E-state index in [2.05, 4.69) is 141 Å². The molecule has 2 unspecified atom stereocenters. The molecular formula is C33H30N2. The van der Waals surface area contributed by atoms with Crippen LogP contribution in [0.25, 0.3) is 11.1 Å². The summed E-state index contributed by atoms with van der Waals surface area (Å²) in [5.41, 5.74) is 6.17. The summed E-state index contributed by atoms with van der Waals surface area (Å²) in [4.78, 5) is 9.63. The fraction of sp³-hybridized carbons (Fsp3) is 0.152. The van der Waals surface area contributed by atoms with E-state index in [1.165, 1.54) is 11.1 Å². The summed E-state index contributed by atoms with van der Waals surface area (Å²) in [6.07, 6.45) is 21.9. The standard InChI is InChI=1S/C33H30N2/c1-25-34-30(26-14-12-21-32(2,22-19-26)28-15-6-4-7-16-28)23-31(35-25)27-13-10-11-20-33(3,24-27)29-17-8-5-9-18-29/h4-24H,1-3H3. The van der Waals surface area contributed by atoms with Crippen molar-refractivity contribution in [2.75, 3.05) is 0 Å². The molecule has 0 spiro atoms. The lowest BCUT2D eigenvalue weighted by Gasteiger charge is -2.23. The van der Waals surface area contributed by atoms with E-state index < -0.39 is 0 Å². The second-order valence-electron chi connectivity index (χ2n) is 9.62. The predicted molar refractivity (Wildman–Crippen MR) is 147 cm³/mol. The van der Waals surface area contributed by atoms with Crippen molar-refractivity contribution < 1.29 is 0 Å². The number of hydrogen-bond acceptors (Lipinski definition) is 2. The molecule has 0 N–H and O–H groups in total. The van der Waals surface area contributed by atoms with Gasteiger partial charge in [0.2, 0.25) is 0 Å². The van der Waals surface area contributed by atoms with Crippen LogP contribution in [0.15, 0.2) is 127 Å². The van der Waals surface area contributed by atoms with Gasteiger partial charge in [-0.2, -0.15) is 0 Å². The molecule has 2 aliphatic rings. The van der Waals surface area contributed by atoms with Gasteiger partial charge in [0.05, 0.1) is 11.4 Å². The van der Waals surface area contributed by atoms with Crippen LogP contribution in [0.4, 0.5) is 0 Å². The SMILES string of the molecule is Cc1nc(C2=CC=CC(C)(c3ccccc3)C=C2)cc(C2=CC(C)(c3ccccc3)C=CC=C2)n1. The molecular weight excluding hydrogens is 424 g/mol. The van der Waals surface area contributed by atoms with Gasteiger partial charge in [-0.25, -0.2) is 9.97 Å². The van der Waals surface area contributed by atoms with E-state index in [1.54, 1.807) is 0 Å². The topological polar surface area (TPSA) is 25.8 Å². The van der Waals surface area contributed by atoms with Gasteiger partial charge in [-0.1, -0.05) is 121 Å². The second-order valence-corrected chi connectivity index (χ2v) is 9.62. The highest BCUT2D eigenvalue weighted by atomic mass is 14.9. The van der Waals surface area contributed by atoms with E-state index in [0.29, 0.717) is 0 Å². The Labute approximate surface area is 208 Å². The number of benzene rings is 2. The van der Waals surface area contributed by atoms with Crippen LogP contribution in [0, 0.1) is 6.92 Å². The molecule has 1 aromatic heterocycles. The zero-order chi connectivity index (χ0) is 24.3. The van der Waals surface area contributed by atoms with E-state index in [-0.39, 0.29) is 10.8 Å². The van der Waals surface area contributed by atoms with E-state index >= 15 is 0 Å². The molecule has 2 aromatic carbocycles. The van der Waals surface area contributed by atoms with Gasteiger partial charge in [0.15, 0.2) is 0 Å². The minimum Gasteiger partial charge on any atom is -0.233 e. The van der Waals surface area contributed by atoms with Crippen LogP contribution in [-0.2, 0) is 10.8 Å². The van der Waals surface area contributed by atoms with E-state index in [1.807, 2.05) is 6.92 Å². The number of hydrogen-bond donors (Lipinski definition) is 0. The van der Waals surface area contributed by atoms with Crippen molar-refractivity contribution >= 4 is 11.1 Å². The highest BCUT2D eigenvalue weighted by Crippen LogP contribution is 2.34. The lowest BCUT2D eigenvalue weighted by Crippen LogP contribution is -2.16. The fourth-order valence-electron chi connectivity index (χ4n) is 4.72. The Bertz CT molecular complexity index is 1400. The number of allylic oxidation sites excluding steroid dienone is 12. The van der Waals surface area contributed by atoms with Crippen LogP contribution < -0.4 is 0 Å². The van der Waals surface area contributed by atoms with Gasteiger partial charge in [-0.3, -0.25) is 0 Å². The summed E-state index contributed by atoms with van der Waals surface area (Å²) in [5.74, 6) is 0.763. The Kier molecular flexibility index (Phi) is 6.05. The van der Waals surface area contributed by atoms with Gasteiger partial charge in [0.1, 0.15) is 5.82 Å². The molecule has 2 heteroatoms. The smallest absolute Gasteiger partial charge is 0.126 e. The molecule has 1 heterocycles. The number of nitrogens with zero attached hydrogens (tertiary/aromatic N) is 2. The van der Waals surface area contributed by atoms with Gasteiger partial charge in [-0.05, 0) is 49.1 Å². The Balaban J connectivity index is 1.52. The number of aryl methyl sites for hydroxylation is 1. The van der Waals surface area contributed by atoms with Crippen molar-refractivity contribution in [3.8, 4) is 0 Å². The van der Waals surface area contributed by atoms with Crippen LogP contribution in [-0.4, -0.2) is 9.97 Å². The van der Waals surface area contributed by atoms with Crippen LogP contribution in [0.2, 0.25) is 0 Å². The van der Waals surface area contributed by atoms with Crippen molar-refractivity contribution in [2.24, 2.45) is 0 Å². The molecule has 2 aliphatic carbocycles. The monoisotopic (exact) mass is 454 g/mol. The second kappa shape index (κ2) is 9.31. The molecule has 0 saturated carbocycles. The normalized spacial score (nSPS) is 23.4. The Hall–Kier alpha value is -4.04. The highest BCUT2D eigenvalue weighted by molar-refractivity contribution is 5.79. The highest BCUT2D eigenvalue weighted by Gasteiger charge is 2.24. The predicted octanol–water partition coefficient (Wildman–Crippen LogP) is 7.72. The average Bonchev–Trinajstić information content (AvgIpc) is 3.22.